The fraction of sp³-hybridized carbons (Fsp3) is 0.211. The average molecular weight is 437 g/mol. The molecule has 0 aliphatic carbocycles. The van der Waals surface area contributed by atoms with Crippen LogP contribution in [0.3, 0.4) is 0 Å². The number of hydrogen-bond donors (Lipinski definition) is 2. The molecule has 3 rings (SSSR count). The lowest BCUT2D eigenvalue weighted by Crippen LogP contribution is -2.23. The highest BCUT2D eigenvalue weighted by molar-refractivity contribution is 8.02. The van der Waals surface area contributed by atoms with E-state index in [0.29, 0.717) is 16.0 Å². The van der Waals surface area contributed by atoms with Crippen LogP contribution in [0.1, 0.15) is 12.5 Å². The zero-order valence-electron chi connectivity index (χ0n) is 15.3. The summed E-state index contributed by atoms with van der Waals surface area (Å²) in [6.07, 6.45) is 0. The Labute approximate surface area is 174 Å². The zero-order chi connectivity index (χ0) is 20.6. The van der Waals surface area contributed by atoms with Gasteiger partial charge in [-0.3, -0.25) is 4.79 Å². The van der Waals surface area contributed by atoms with Crippen molar-refractivity contribution in [1.82, 2.24) is 10.2 Å². The number of halogens is 2. The van der Waals surface area contributed by atoms with E-state index in [1.807, 2.05) is 30.3 Å². The standard InChI is InChI=1S/C19H18F2N4O2S2/c1-12(16(26)23-14-9-5-6-10-15(14)27-17(20)21)28-19-25-24-18(29-19)22-11-13-7-3-2-4-8-13/h2-10,12,17H,11H2,1H3,(H,22,24)(H,23,26). The summed E-state index contributed by atoms with van der Waals surface area (Å²) in [6, 6.07) is 15.9. The first kappa shape index (κ1) is 21.0. The number of carbonyl (C=O) groups excluding carboxylic acids is 1. The Kier molecular flexibility index (Phi) is 7.36. The Hall–Kier alpha value is -2.72. The lowest BCUT2D eigenvalue weighted by Gasteiger charge is -2.14. The molecule has 0 aliphatic heterocycles. The third-order valence-corrected chi connectivity index (χ3v) is 5.77. The number of aromatic nitrogens is 2. The number of nitrogens with one attached hydrogen (secondary N) is 2. The molecule has 0 saturated heterocycles. The first-order valence-corrected chi connectivity index (χ1v) is 10.3. The molecule has 1 aromatic heterocycles. The number of rotatable bonds is 9. The van der Waals surface area contributed by atoms with Crippen molar-refractivity contribution in [2.75, 3.05) is 10.6 Å². The topological polar surface area (TPSA) is 76.1 Å². The van der Waals surface area contributed by atoms with Gasteiger partial charge in [0.1, 0.15) is 5.75 Å². The highest BCUT2D eigenvalue weighted by Gasteiger charge is 2.19. The maximum atomic E-state index is 12.5. The molecule has 2 aromatic carbocycles. The lowest BCUT2D eigenvalue weighted by atomic mass is 10.2. The lowest BCUT2D eigenvalue weighted by molar-refractivity contribution is -0.115. The number of benzene rings is 2. The van der Waals surface area contributed by atoms with E-state index in [4.69, 9.17) is 0 Å². The van der Waals surface area contributed by atoms with Crippen molar-refractivity contribution < 1.29 is 18.3 Å². The second kappa shape index (κ2) is 10.2. The van der Waals surface area contributed by atoms with Gasteiger partial charge < -0.3 is 15.4 Å². The fourth-order valence-corrected chi connectivity index (χ4v) is 4.20. The van der Waals surface area contributed by atoms with Gasteiger partial charge in [0.2, 0.25) is 11.0 Å². The van der Waals surface area contributed by atoms with Crippen molar-refractivity contribution >= 4 is 39.8 Å². The van der Waals surface area contributed by atoms with Crippen LogP contribution >= 0.6 is 23.1 Å². The normalized spacial score (nSPS) is 11.9. The van der Waals surface area contributed by atoms with E-state index >= 15 is 0 Å². The number of thioether (sulfide) groups is 1. The minimum Gasteiger partial charge on any atom is -0.433 e. The molecule has 0 aliphatic rings. The summed E-state index contributed by atoms with van der Waals surface area (Å²) < 4.78 is 30.1. The van der Waals surface area contributed by atoms with E-state index in [0.717, 1.165) is 5.56 Å². The van der Waals surface area contributed by atoms with Gasteiger partial charge in [-0.25, -0.2) is 0 Å². The Morgan fingerprint density at radius 3 is 2.62 bits per heavy atom. The molecule has 0 radical (unpaired) electrons. The molecular formula is C19H18F2N4O2S2. The van der Waals surface area contributed by atoms with E-state index in [-0.39, 0.29) is 17.3 Å². The van der Waals surface area contributed by atoms with Crippen LogP contribution in [0.25, 0.3) is 0 Å². The number of nitrogens with zero attached hydrogens (tertiary/aromatic N) is 2. The van der Waals surface area contributed by atoms with Crippen molar-refractivity contribution in [3.8, 4) is 5.75 Å². The Morgan fingerprint density at radius 1 is 1.14 bits per heavy atom. The van der Waals surface area contributed by atoms with E-state index in [1.54, 1.807) is 19.1 Å². The van der Waals surface area contributed by atoms with Gasteiger partial charge in [-0.15, -0.1) is 10.2 Å². The number of ether oxygens (including phenoxy) is 1. The summed E-state index contributed by atoms with van der Waals surface area (Å²) in [5, 5.41) is 14.1. The summed E-state index contributed by atoms with van der Waals surface area (Å²) in [7, 11) is 0. The van der Waals surface area contributed by atoms with E-state index in [1.165, 1.54) is 35.2 Å². The third-order valence-electron chi connectivity index (χ3n) is 3.70. The summed E-state index contributed by atoms with van der Waals surface area (Å²) in [5.74, 6) is -0.439. The molecule has 3 aromatic rings. The van der Waals surface area contributed by atoms with Gasteiger partial charge in [0.15, 0.2) is 4.34 Å². The quantitative estimate of drug-likeness (QED) is 0.466. The summed E-state index contributed by atoms with van der Waals surface area (Å²) in [5.41, 5.74) is 1.31. The van der Waals surface area contributed by atoms with Crippen LogP contribution in [0, 0.1) is 0 Å². The molecule has 0 fully saturated rings. The Balaban J connectivity index is 1.54. The maximum Gasteiger partial charge on any atom is 0.387 e. The van der Waals surface area contributed by atoms with Crippen LogP contribution in [0.2, 0.25) is 0 Å². The molecule has 152 valence electrons. The highest BCUT2D eigenvalue weighted by Crippen LogP contribution is 2.31. The smallest absolute Gasteiger partial charge is 0.387 e. The number of anilines is 2. The van der Waals surface area contributed by atoms with Gasteiger partial charge >= 0.3 is 6.61 Å². The fourth-order valence-electron chi connectivity index (χ4n) is 2.31. The third kappa shape index (κ3) is 6.40. The number of alkyl halides is 2. The molecular weight excluding hydrogens is 418 g/mol. The van der Waals surface area contributed by atoms with Crippen molar-refractivity contribution in [2.24, 2.45) is 0 Å². The molecule has 2 N–H and O–H groups in total. The van der Waals surface area contributed by atoms with Crippen molar-refractivity contribution in [3.63, 3.8) is 0 Å². The van der Waals surface area contributed by atoms with E-state index in [2.05, 4.69) is 25.6 Å². The first-order chi connectivity index (χ1) is 14.0. The van der Waals surface area contributed by atoms with Crippen LogP contribution < -0.4 is 15.4 Å². The molecule has 10 heteroatoms. The van der Waals surface area contributed by atoms with Crippen LogP contribution in [-0.4, -0.2) is 28.0 Å². The Bertz CT molecular complexity index is 941. The maximum absolute atomic E-state index is 12.5. The minimum atomic E-state index is -2.97. The average Bonchev–Trinajstić information content (AvgIpc) is 3.15. The van der Waals surface area contributed by atoms with Gasteiger partial charge in [0.05, 0.1) is 10.9 Å². The predicted molar refractivity (Wildman–Crippen MR) is 111 cm³/mol. The summed E-state index contributed by atoms with van der Waals surface area (Å²) in [6.45, 7) is -0.644. The number of para-hydroxylation sites is 2. The predicted octanol–water partition coefficient (Wildman–Crippen LogP) is 4.87. The molecule has 6 nitrogen and oxygen atoms in total. The minimum absolute atomic E-state index is 0.0867. The molecule has 0 bridgehead atoms. The van der Waals surface area contributed by atoms with Crippen LogP contribution in [-0.2, 0) is 11.3 Å². The molecule has 1 atom stereocenters. The SMILES string of the molecule is CC(Sc1nnc(NCc2ccccc2)s1)C(=O)Nc1ccccc1OC(F)F. The monoisotopic (exact) mass is 436 g/mol. The highest BCUT2D eigenvalue weighted by atomic mass is 32.2. The molecule has 1 heterocycles. The van der Waals surface area contributed by atoms with Crippen LogP contribution in [0.5, 0.6) is 5.75 Å². The second-order valence-corrected chi connectivity index (χ2v) is 8.40. The first-order valence-electron chi connectivity index (χ1n) is 8.64. The molecule has 29 heavy (non-hydrogen) atoms. The number of carbonyl (C=O) groups is 1. The van der Waals surface area contributed by atoms with Crippen molar-refractivity contribution in [3.05, 3.63) is 60.2 Å². The summed E-state index contributed by atoms with van der Waals surface area (Å²) in [4.78, 5) is 12.4. The molecule has 0 spiro atoms. The molecule has 1 unspecified atom stereocenters. The van der Waals surface area contributed by atoms with Crippen molar-refractivity contribution in [2.45, 2.75) is 29.7 Å². The van der Waals surface area contributed by atoms with Crippen LogP contribution in [0.4, 0.5) is 19.6 Å². The van der Waals surface area contributed by atoms with Gasteiger partial charge in [-0.05, 0) is 24.6 Å². The van der Waals surface area contributed by atoms with Gasteiger partial charge in [0, 0.05) is 6.54 Å². The van der Waals surface area contributed by atoms with Gasteiger partial charge in [-0.1, -0.05) is 65.6 Å². The van der Waals surface area contributed by atoms with Gasteiger partial charge in [0.25, 0.3) is 0 Å². The van der Waals surface area contributed by atoms with E-state index < -0.39 is 11.9 Å². The molecule has 0 saturated carbocycles. The second-order valence-electron chi connectivity index (χ2n) is 5.84. The molecule has 1 amide bonds. The Morgan fingerprint density at radius 2 is 1.86 bits per heavy atom. The largest absolute Gasteiger partial charge is 0.433 e. The van der Waals surface area contributed by atoms with Gasteiger partial charge in [-0.2, -0.15) is 8.78 Å². The number of hydrogen-bond acceptors (Lipinski definition) is 7. The zero-order valence-corrected chi connectivity index (χ0v) is 17.0. The van der Waals surface area contributed by atoms with E-state index in [9.17, 15) is 13.6 Å². The van der Waals surface area contributed by atoms with Crippen LogP contribution in [0.15, 0.2) is 58.9 Å². The van der Waals surface area contributed by atoms with Crippen molar-refractivity contribution in [1.29, 1.82) is 0 Å². The summed E-state index contributed by atoms with van der Waals surface area (Å²) >= 11 is 2.58. The number of amides is 1.